The van der Waals surface area contributed by atoms with Crippen LogP contribution in [-0.2, 0) is 14.8 Å². The molecule has 1 fully saturated rings. The van der Waals surface area contributed by atoms with Crippen LogP contribution < -0.4 is 10.0 Å². The van der Waals surface area contributed by atoms with Gasteiger partial charge in [-0.1, -0.05) is 23.7 Å². The summed E-state index contributed by atoms with van der Waals surface area (Å²) in [6.45, 7) is 0.902. The minimum Gasteiger partial charge on any atom is -0.339 e. The van der Waals surface area contributed by atoms with Crippen LogP contribution in [0, 0.1) is 5.92 Å². The van der Waals surface area contributed by atoms with Gasteiger partial charge in [0, 0.05) is 37.1 Å². The monoisotopic (exact) mass is 499 g/mol. The molecule has 0 spiro atoms. The Morgan fingerprint density at radius 1 is 0.941 bits per heavy atom. The molecule has 1 aliphatic rings. The van der Waals surface area contributed by atoms with Crippen molar-refractivity contribution in [3.63, 3.8) is 0 Å². The molecule has 0 unspecified atom stereocenters. The third-order valence-electron chi connectivity index (χ3n) is 5.48. The first kappa shape index (κ1) is 23.7. The smallest absolute Gasteiger partial charge is 0.264 e. The molecule has 3 aromatic rings. The molecule has 2 N–H and O–H groups in total. The van der Waals surface area contributed by atoms with Crippen molar-refractivity contribution in [2.75, 3.05) is 23.1 Å². The van der Waals surface area contributed by atoms with Gasteiger partial charge in [-0.3, -0.25) is 9.59 Å². The molecule has 2 aromatic carbocycles. The number of rotatable bonds is 6. The topological polar surface area (TPSA) is 121 Å². The van der Waals surface area contributed by atoms with Crippen LogP contribution in [0.25, 0.3) is 0 Å². The number of amides is 2. The van der Waals surface area contributed by atoms with Crippen LogP contribution in [0.2, 0.25) is 5.02 Å². The van der Waals surface area contributed by atoms with Crippen LogP contribution in [0.1, 0.15) is 23.2 Å². The molecule has 1 aromatic heterocycles. The van der Waals surface area contributed by atoms with Crippen LogP contribution >= 0.6 is 11.6 Å². The van der Waals surface area contributed by atoms with Gasteiger partial charge >= 0.3 is 0 Å². The number of hydrogen-bond donors (Lipinski definition) is 2. The highest BCUT2D eigenvalue weighted by molar-refractivity contribution is 7.92. The molecular formula is C23H22ClN5O4S. The molecule has 2 amide bonds. The van der Waals surface area contributed by atoms with Gasteiger partial charge in [0.2, 0.25) is 11.9 Å². The van der Waals surface area contributed by atoms with E-state index in [9.17, 15) is 18.0 Å². The van der Waals surface area contributed by atoms with Gasteiger partial charge in [0.15, 0.2) is 0 Å². The Labute approximate surface area is 202 Å². The number of halogens is 1. The Balaban J connectivity index is 1.32. The molecule has 0 bridgehead atoms. The minimum absolute atomic E-state index is 0.0179. The molecule has 0 saturated carbocycles. The number of nitrogens with zero attached hydrogens (tertiary/aromatic N) is 3. The quantitative estimate of drug-likeness (QED) is 0.536. The molecule has 1 saturated heterocycles. The molecule has 0 aliphatic carbocycles. The zero-order valence-electron chi connectivity index (χ0n) is 18.0. The maximum Gasteiger partial charge on any atom is 0.264 e. The van der Waals surface area contributed by atoms with Crippen molar-refractivity contribution in [2.45, 2.75) is 17.7 Å². The fourth-order valence-electron chi connectivity index (χ4n) is 3.64. The molecule has 9 nitrogen and oxygen atoms in total. The summed E-state index contributed by atoms with van der Waals surface area (Å²) < 4.78 is 27.2. The van der Waals surface area contributed by atoms with Gasteiger partial charge in [0.05, 0.1) is 15.5 Å². The van der Waals surface area contributed by atoms with Gasteiger partial charge in [-0.2, -0.15) is 0 Å². The van der Waals surface area contributed by atoms with E-state index >= 15 is 0 Å². The summed E-state index contributed by atoms with van der Waals surface area (Å²) in [5, 5.41) is 3.23. The van der Waals surface area contributed by atoms with Crippen molar-refractivity contribution in [3.8, 4) is 0 Å². The van der Waals surface area contributed by atoms with Gasteiger partial charge in [-0.15, -0.1) is 0 Å². The number of benzene rings is 2. The van der Waals surface area contributed by atoms with Crippen LogP contribution in [0.15, 0.2) is 71.9 Å². The molecule has 34 heavy (non-hydrogen) atoms. The van der Waals surface area contributed by atoms with E-state index in [1.54, 1.807) is 35.2 Å². The number of hydrogen-bond acceptors (Lipinski definition) is 6. The van der Waals surface area contributed by atoms with Crippen molar-refractivity contribution >= 4 is 45.1 Å². The third-order valence-corrected chi connectivity index (χ3v) is 7.15. The van der Waals surface area contributed by atoms with E-state index in [2.05, 4.69) is 20.0 Å². The summed E-state index contributed by atoms with van der Waals surface area (Å²) in [6.07, 6.45) is 3.91. The highest BCUT2D eigenvalue weighted by atomic mass is 35.5. The fraction of sp³-hybridized carbons (Fsp3) is 0.217. The van der Waals surface area contributed by atoms with E-state index in [0.29, 0.717) is 42.2 Å². The molecular weight excluding hydrogens is 478 g/mol. The maximum absolute atomic E-state index is 12.7. The lowest BCUT2D eigenvalue weighted by atomic mass is 9.95. The Kier molecular flexibility index (Phi) is 7.09. The first-order valence-electron chi connectivity index (χ1n) is 10.6. The summed E-state index contributed by atoms with van der Waals surface area (Å²) >= 11 is 6.13. The highest BCUT2D eigenvalue weighted by Gasteiger charge is 2.28. The number of anilines is 2. The van der Waals surface area contributed by atoms with Gasteiger partial charge in [0.1, 0.15) is 0 Å². The number of likely N-dealkylation sites (tertiary alicyclic amines) is 1. The molecule has 0 atom stereocenters. The predicted molar refractivity (Wildman–Crippen MR) is 128 cm³/mol. The first-order chi connectivity index (χ1) is 16.3. The molecule has 0 radical (unpaired) electrons. The number of piperidine rings is 1. The summed E-state index contributed by atoms with van der Waals surface area (Å²) in [4.78, 5) is 34.8. The molecule has 176 valence electrons. The number of carbonyl (C=O) groups is 2. The van der Waals surface area contributed by atoms with Crippen LogP contribution in [0.5, 0.6) is 0 Å². The Bertz CT molecular complexity index is 1280. The zero-order valence-corrected chi connectivity index (χ0v) is 19.6. The molecule has 2 heterocycles. The highest BCUT2D eigenvalue weighted by Crippen LogP contribution is 2.24. The van der Waals surface area contributed by atoms with Crippen LogP contribution in [-0.4, -0.2) is 48.2 Å². The number of sulfonamides is 1. The molecule has 1 aliphatic heterocycles. The zero-order chi connectivity index (χ0) is 24.1. The van der Waals surface area contributed by atoms with Crippen molar-refractivity contribution in [3.05, 3.63) is 77.6 Å². The predicted octanol–water partition coefficient (Wildman–Crippen LogP) is 3.42. The standard InChI is InChI=1S/C23H22ClN5O4S/c24-20-5-2-1-4-19(20)22(31)29-14-10-16(11-15-29)21(30)27-17-6-8-18(9-7-17)34(32,33)28-23-25-12-3-13-26-23/h1-9,12-13,16H,10-11,14-15H2,(H,27,30)(H,25,26,28). The second-order valence-electron chi connectivity index (χ2n) is 7.74. The Morgan fingerprint density at radius 3 is 2.24 bits per heavy atom. The van der Waals surface area contributed by atoms with Crippen LogP contribution in [0.3, 0.4) is 0 Å². The van der Waals surface area contributed by atoms with Gasteiger partial charge in [-0.05, 0) is 55.3 Å². The van der Waals surface area contributed by atoms with E-state index in [0.717, 1.165) is 0 Å². The lowest BCUT2D eigenvalue weighted by molar-refractivity contribution is -0.121. The second kappa shape index (κ2) is 10.2. The maximum atomic E-state index is 12.7. The molecule has 4 rings (SSSR count). The van der Waals surface area contributed by atoms with Crippen molar-refractivity contribution in [1.29, 1.82) is 0 Å². The van der Waals surface area contributed by atoms with Gasteiger partial charge in [-0.25, -0.2) is 23.1 Å². The largest absolute Gasteiger partial charge is 0.339 e. The van der Waals surface area contributed by atoms with Crippen molar-refractivity contribution in [1.82, 2.24) is 14.9 Å². The molecule has 11 heteroatoms. The summed E-state index contributed by atoms with van der Waals surface area (Å²) in [6, 6.07) is 14.3. The summed E-state index contributed by atoms with van der Waals surface area (Å²) in [5.41, 5.74) is 0.935. The van der Waals surface area contributed by atoms with Crippen LogP contribution in [0.4, 0.5) is 11.6 Å². The first-order valence-corrected chi connectivity index (χ1v) is 12.4. The van der Waals surface area contributed by atoms with Gasteiger partial charge in [0.25, 0.3) is 15.9 Å². The van der Waals surface area contributed by atoms with E-state index < -0.39 is 10.0 Å². The number of nitrogens with one attached hydrogen (secondary N) is 2. The lowest BCUT2D eigenvalue weighted by Gasteiger charge is -2.31. The van der Waals surface area contributed by atoms with E-state index in [1.165, 1.54) is 36.7 Å². The number of carbonyl (C=O) groups excluding carboxylic acids is 2. The van der Waals surface area contributed by atoms with E-state index in [-0.39, 0.29) is 28.6 Å². The Morgan fingerprint density at radius 2 is 1.59 bits per heavy atom. The summed E-state index contributed by atoms with van der Waals surface area (Å²) in [5.74, 6) is -0.595. The van der Waals surface area contributed by atoms with E-state index in [1.807, 2.05) is 0 Å². The number of aromatic nitrogens is 2. The third kappa shape index (κ3) is 5.52. The summed E-state index contributed by atoms with van der Waals surface area (Å²) in [7, 11) is -3.85. The van der Waals surface area contributed by atoms with Crippen molar-refractivity contribution < 1.29 is 18.0 Å². The normalized spacial score (nSPS) is 14.4. The fourth-order valence-corrected chi connectivity index (χ4v) is 4.82. The average Bonchev–Trinajstić information content (AvgIpc) is 2.85. The Hall–Kier alpha value is -3.50. The van der Waals surface area contributed by atoms with Crippen molar-refractivity contribution in [2.24, 2.45) is 5.92 Å². The van der Waals surface area contributed by atoms with E-state index in [4.69, 9.17) is 11.6 Å². The van der Waals surface area contributed by atoms with Gasteiger partial charge < -0.3 is 10.2 Å². The lowest BCUT2D eigenvalue weighted by Crippen LogP contribution is -2.41. The second-order valence-corrected chi connectivity index (χ2v) is 9.83. The minimum atomic E-state index is -3.85. The SMILES string of the molecule is O=C(Nc1ccc(S(=O)(=O)Nc2ncccn2)cc1)C1CCN(C(=O)c2ccccc2Cl)CC1. The average molecular weight is 500 g/mol.